The maximum atomic E-state index is 13.0. The number of ether oxygens (including phenoxy) is 2. The third-order valence-electron chi connectivity index (χ3n) is 8.19. The predicted molar refractivity (Wildman–Crippen MR) is 200 cm³/mol. The van der Waals surface area contributed by atoms with Gasteiger partial charge >= 0.3 is 0 Å². The molecule has 0 aliphatic carbocycles. The summed E-state index contributed by atoms with van der Waals surface area (Å²) >= 11 is 5.66. The van der Waals surface area contributed by atoms with Crippen molar-refractivity contribution in [1.29, 1.82) is 0 Å². The first-order valence-electron chi connectivity index (χ1n) is 18.1. The van der Waals surface area contributed by atoms with E-state index >= 15 is 0 Å². The van der Waals surface area contributed by atoms with E-state index in [4.69, 9.17) is 26.2 Å². The number of nitrogens with one attached hydrogen (secondary N) is 2. The molecule has 0 aliphatic rings. The average molecular weight is 723 g/mol. The Morgan fingerprint density at radius 2 is 1.37 bits per heavy atom. The molecule has 0 radical (unpaired) electrons. The molecular formula is C40H55ClN4O6. The molecule has 1 aromatic heterocycles. The van der Waals surface area contributed by atoms with Gasteiger partial charge in [-0.1, -0.05) is 76.1 Å². The van der Waals surface area contributed by atoms with Crippen LogP contribution in [0.4, 0.5) is 0 Å². The number of rotatable bonds is 25. The summed E-state index contributed by atoms with van der Waals surface area (Å²) in [5.41, 5.74) is 4.13. The maximum Gasteiger partial charge on any atom is 0.220 e. The number of ketones is 2. The Morgan fingerprint density at radius 3 is 2.08 bits per heavy atom. The number of benzene rings is 2. The minimum absolute atomic E-state index is 0.0469. The number of carbonyl (C=O) groups is 4. The van der Waals surface area contributed by atoms with Gasteiger partial charge in [-0.3, -0.25) is 19.2 Å². The Hall–Kier alpha value is -3.86. The second-order valence-corrected chi connectivity index (χ2v) is 14.1. The molecule has 0 fully saturated rings. The smallest absolute Gasteiger partial charge is 0.220 e. The minimum atomic E-state index is -0.244. The van der Waals surface area contributed by atoms with Gasteiger partial charge < -0.3 is 20.1 Å². The predicted octanol–water partition coefficient (Wildman–Crippen LogP) is 6.22. The van der Waals surface area contributed by atoms with Crippen molar-refractivity contribution in [2.45, 2.75) is 96.9 Å². The van der Waals surface area contributed by atoms with Gasteiger partial charge in [0.15, 0.2) is 0 Å². The van der Waals surface area contributed by atoms with E-state index in [1.54, 1.807) is 0 Å². The number of hydrogen-bond acceptors (Lipinski definition) is 7. The van der Waals surface area contributed by atoms with Crippen LogP contribution in [0, 0.1) is 0 Å². The quantitative estimate of drug-likeness (QED) is 0.0785. The van der Waals surface area contributed by atoms with Crippen molar-refractivity contribution in [3.63, 3.8) is 0 Å². The summed E-state index contributed by atoms with van der Waals surface area (Å²) in [5, 5.41) is 10.5. The first-order chi connectivity index (χ1) is 24.5. The number of nitrogens with zero attached hydrogens (tertiary/aromatic N) is 2. The number of alkyl halides is 1. The van der Waals surface area contributed by atoms with E-state index in [2.05, 4.69) is 31.4 Å². The standard InChI is InChI=1S/C40H55ClN4O6/c1-40(2,3)37-29-34(28-36(47)27-31-12-7-6-8-13-31)45(44-37)33-15-11-14-32(26-33)30-43-39(49)19-17-35(46)16-18-38(48)42-21-23-51-25-24-50-22-10-5-4-9-20-41/h6-8,11-15,26,29H,4-5,9-10,16-25,27-28,30H2,1-3H3,(H,42,48)(H,43,49). The Bertz CT molecular complexity index is 1520. The summed E-state index contributed by atoms with van der Waals surface area (Å²) in [6, 6.07) is 19.4. The lowest BCUT2D eigenvalue weighted by atomic mass is 9.92. The molecule has 0 saturated heterocycles. The van der Waals surface area contributed by atoms with E-state index in [1.165, 1.54) is 0 Å². The molecule has 1 heterocycles. The summed E-state index contributed by atoms with van der Waals surface area (Å²) in [6.07, 6.45) is 5.15. The SMILES string of the molecule is CC(C)(C)c1cc(CC(=O)Cc2ccccc2)n(-c2cccc(CNC(=O)CCC(=O)CCC(=O)NCCOCCOCCCCCCCl)c2)n1. The number of unbranched alkanes of at least 4 members (excludes halogenated alkanes) is 3. The van der Waals surface area contributed by atoms with E-state index in [1.807, 2.05) is 65.3 Å². The van der Waals surface area contributed by atoms with Crippen LogP contribution in [-0.2, 0) is 53.5 Å². The molecule has 0 bridgehead atoms. The molecule has 0 saturated carbocycles. The van der Waals surface area contributed by atoms with Gasteiger partial charge in [-0.2, -0.15) is 5.10 Å². The number of aromatic nitrogens is 2. The van der Waals surface area contributed by atoms with Crippen molar-refractivity contribution in [3.05, 3.63) is 83.2 Å². The van der Waals surface area contributed by atoms with Crippen LogP contribution < -0.4 is 10.6 Å². The van der Waals surface area contributed by atoms with Gasteiger partial charge in [-0.25, -0.2) is 4.68 Å². The van der Waals surface area contributed by atoms with Crippen LogP contribution in [0.3, 0.4) is 0 Å². The molecule has 0 spiro atoms. The zero-order valence-corrected chi connectivity index (χ0v) is 31.3. The third kappa shape index (κ3) is 16.8. The van der Waals surface area contributed by atoms with Crippen LogP contribution in [0.2, 0.25) is 0 Å². The van der Waals surface area contributed by atoms with Gasteiger partial charge in [0.05, 0.1) is 36.9 Å². The van der Waals surface area contributed by atoms with Crippen LogP contribution in [0.1, 0.15) is 94.7 Å². The highest BCUT2D eigenvalue weighted by molar-refractivity contribution is 6.17. The third-order valence-corrected chi connectivity index (χ3v) is 8.46. The summed E-state index contributed by atoms with van der Waals surface area (Å²) in [7, 11) is 0. The van der Waals surface area contributed by atoms with Crippen molar-refractivity contribution in [1.82, 2.24) is 20.4 Å². The molecule has 11 heteroatoms. The molecule has 10 nitrogen and oxygen atoms in total. The molecule has 0 unspecified atom stereocenters. The van der Waals surface area contributed by atoms with Crippen molar-refractivity contribution >= 4 is 35.0 Å². The van der Waals surface area contributed by atoms with Gasteiger partial charge in [0, 0.05) is 69.5 Å². The monoisotopic (exact) mass is 722 g/mol. The van der Waals surface area contributed by atoms with E-state index in [0.717, 1.165) is 53.9 Å². The zero-order valence-electron chi connectivity index (χ0n) is 30.5. The molecule has 278 valence electrons. The minimum Gasteiger partial charge on any atom is -0.379 e. The van der Waals surface area contributed by atoms with Gasteiger partial charge in [0.2, 0.25) is 11.8 Å². The van der Waals surface area contributed by atoms with Crippen LogP contribution in [0.15, 0.2) is 60.7 Å². The lowest BCUT2D eigenvalue weighted by molar-refractivity contribution is -0.127. The Balaban J connectivity index is 1.36. The van der Waals surface area contributed by atoms with Gasteiger partial charge in [-0.05, 0) is 42.2 Å². The van der Waals surface area contributed by atoms with Crippen LogP contribution in [0.5, 0.6) is 0 Å². The molecule has 2 amide bonds. The van der Waals surface area contributed by atoms with Crippen LogP contribution >= 0.6 is 11.6 Å². The first kappa shape index (κ1) is 41.6. The fourth-order valence-corrected chi connectivity index (χ4v) is 5.46. The van der Waals surface area contributed by atoms with E-state index in [-0.39, 0.29) is 67.4 Å². The van der Waals surface area contributed by atoms with Gasteiger partial charge in [0.25, 0.3) is 0 Å². The van der Waals surface area contributed by atoms with Gasteiger partial charge in [0.1, 0.15) is 11.6 Å². The average Bonchev–Trinajstić information content (AvgIpc) is 3.54. The normalized spacial score (nSPS) is 11.4. The first-order valence-corrected chi connectivity index (χ1v) is 18.6. The highest BCUT2D eigenvalue weighted by Gasteiger charge is 2.22. The highest BCUT2D eigenvalue weighted by atomic mass is 35.5. The fourth-order valence-electron chi connectivity index (χ4n) is 5.27. The van der Waals surface area contributed by atoms with E-state index in [9.17, 15) is 19.2 Å². The highest BCUT2D eigenvalue weighted by Crippen LogP contribution is 2.25. The molecule has 2 aromatic carbocycles. The lowest BCUT2D eigenvalue weighted by Crippen LogP contribution is -2.28. The Kier molecular flexibility index (Phi) is 18.6. The molecule has 2 N–H and O–H groups in total. The second kappa shape index (κ2) is 22.9. The topological polar surface area (TPSA) is 129 Å². The van der Waals surface area contributed by atoms with Gasteiger partial charge in [-0.15, -0.1) is 11.6 Å². The lowest BCUT2D eigenvalue weighted by Gasteiger charge is -2.14. The number of carbonyl (C=O) groups excluding carboxylic acids is 4. The second-order valence-electron chi connectivity index (χ2n) is 13.7. The van der Waals surface area contributed by atoms with Crippen molar-refractivity contribution in [2.75, 3.05) is 38.9 Å². The molecule has 0 aliphatic heterocycles. The largest absolute Gasteiger partial charge is 0.379 e. The summed E-state index contributed by atoms with van der Waals surface area (Å²) < 4.78 is 12.8. The van der Waals surface area contributed by atoms with Crippen LogP contribution in [0.25, 0.3) is 5.69 Å². The summed E-state index contributed by atoms with van der Waals surface area (Å²) in [6.45, 7) is 8.97. The molecule has 3 aromatic rings. The summed E-state index contributed by atoms with van der Waals surface area (Å²) in [4.78, 5) is 50.0. The number of halogens is 1. The number of amides is 2. The number of hydrogen-bond donors (Lipinski definition) is 2. The molecule has 51 heavy (non-hydrogen) atoms. The van der Waals surface area contributed by atoms with Crippen molar-refractivity contribution in [3.8, 4) is 5.69 Å². The number of Topliss-reactive ketones (excluding diaryl/α,β-unsaturated/α-hetero) is 2. The van der Waals surface area contributed by atoms with Crippen molar-refractivity contribution < 1.29 is 28.7 Å². The van der Waals surface area contributed by atoms with Crippen molar-refractivity contribution in [2.24, 2.45) is 0 Å². The fraction of sp³-hybridized carbons (Fsp3) is 0.525. The zero-order chi connectivity index (χ0) is 36.9. The molecular weight excluding hydrogens is 668 g/mol. The van der Waals surface area contributed by atoms with E-state index < -0.39 is 0 Å². The van der Waals surface area contributed by atoms with E-state index in [0.29, 0.717) is 45.3 Å². The van der Waals surface area contributed by atoms with Crippen LogP contribution in [-0.4, -0.2) is 72.0 Å². The molecule has 3 rings (SSSR count). The Morgan fingerprint density at radius 1 is 0.706 bits per heavy atom. The molecule has 0 atom stereocenters. The summed E-state index contributed by atoms with van der Waals surface area (Å²) in [5.74, 6) is 0.202. The Labute approximate surface area is 308 Å². The maximum absolute atomic E-state index is 13.0.